The quantitative estimate of drug-likeness (QED) is 0.768. The Labute approximate surface area is 124 Å². The van der Waals surface area contributed by atoms with Crippen LogP contribution in [0.5, 0.6) is 0 Å². The molecule has 0 unspecified atom stereocenters. The van der Waals surface area contributed by atoms with E-state index < -0.39 is 0 Å². The van der Waals surface area contributed by atoms with E-state index in [4.69, 9.17) is 5.73 Å². The van der Waals surface area contributed by atoms with Crippen LogP contribution in [0.4, 0.5) is 5.69 Å². The number of rotatable bonds is 4. The molecule has 6 heteroatoms. The number of piperazine rings is 1. The lowest BCUT2D eigenvalue weighted by atomic mass is 10.2. The molecule has 0 radical (unpaired) electrons. The van der Waals surface area contributed by atoms with Crippen LogP contribution in [-0.4, -0.2) is 54.3 Å². The maximum Gasteiger partial charge on any atom is 0.242 e. The molecule has 3 N–H and O–H groups in total. The fourth-order valence-electron chi connectivity index (χ4n) is 2.35. The molecule has 2 rings (SSSR count). The second-order valence-electron chi connectivity index (χ2n) is 5.31. The van der Waals surface area contributed by atoms with Crippen molar-refractivity contribution in [1.82, 2.24) is 15.1 Å². The Morgan fingerprint density at radius 2 is 1.76 bits per heavy atom. The number of nitrogens with one attached hydrogen (secondary N) is 1. The Kier molecular flexibility index (Phi) is 5.16. The third-order valence-electron chi connectivity index (χ3n) is 3.60. The average molecular weight is 290 g/mol. The third-order valence-corrected chi connectivity index (χ3v) is 3.60. The van der Waals surface area contributed by atoms with Crippen molar-refractivity contribution in [3.63, 3.8) is 0 Å². The first kappa shape index (κ1) is 15.3. The predicted octanol–water partition coefficient (Wildman–Crippen LogP) is 0.0491. The monoisotopic (exact) mass is 290 g/mol. The lowest BCUT2D eigenvalue weighted by molar-refractivity contribution is -0.134. The summed E-state index contributed by atoms with van der Waals surface area (Å²) in [5.74, 6) is -0.192. The summed E-state index contributed by atoms with van der Waals surface area (Å²) in [6, 6.07) is 7.87. The van der Waals surface area contributed by atoms with Gasteiger partial charge in [0.05, 0.1) is 6.54 Å². The molecule has 0 saturated carbocycles. The molecule has 114 valence electrons. The van der Waals surface area contributed by atoms with Gasteiger partial charge >= 0.3 is 0 Å². The highest BCUT2D eigenvalue weighted by Crippen LogP contribution is 2.10. The van der Waals surface area contributed by atoms with Crippen LogP contribution >= 0.6 is 0 Å². The Morgan fingerprint density at radius 3 is 2.33 bits per heavy atom. The highest BCUT2D eigenvalue weighted by Gasteiger charge is 2.20. The first-order valence-electron chi connectivity index (χ1n) is 7.13. The van der Waals surface area contributed by atoms with E-state index >= 15 is 0 Å². The van der Waals surface area contributed by atoms with E-state index in [1.54, 1.807) is 4.90 Å². The molecule has 1 aliphatic heterocycles. The fourth-order valence-corrected chi connectivity index (χ4v) is 2.35. The van der Waals surface area contributed by atoms with Gasteiger partial charge in [-0.3, -0.25) is 14.5 Å². The van der Waals surface area contributed by atoms with Gasteiger partial charge in [0.2, 0.25) is 11.8 Å². The van der Waals surface area contributed by atoms with Crippen LogP contribution in [0.15, 0.2) is 24.3 Å². The smallest absolute Gasteiger partial charge is 0.242 e. The summed E-state index contributed by atoms with van der Waals surface area (Å²) < 4.78 is 0. The van der Waals surface area contributed by atoms with E-state index in [0.717, 1.165) is 25.3 Å². The highest BCUT2D eigenvalue weighted by molar-refractivity contribution is 5.83. The van der Waals surface area contributed by atoms with Gasteiger partial charge in [0, 0.05) is 45.3 Å². The number of amides is 2. The standard InChI is InChI=1S/C15H22N4O2/c1-12(20)17-10-15(21)19-8-6-18(7-9-19)11-13-2-4-14(16)5-3-13/h2-5H,6-11,16H2,1H3,(H,17,20). The minimum absolute atomic E-state index is 0.0164. The summed E-state index contributed by atoms with van der Waals surface area (Å²) in [5, 5.41) is 2.54. The minimum Gasteiger partial charge on any atom is -0.399 e. The van der Waals surface area contributed by atoms with Gasteiger partial charge in [-0.2, -0.15) is 0 Å². The number of benzene rings is 1. The molecule has 6 nitrogen and oxygen atoms in total. The molecule has 2 amide bonds. The summed E-state index contributed by atoms with van der Waals surface area (Å²) in [5.41, 5.74) is 7.67. The van der Waals surface area contributed by atoms with Gasteiger partial charge in [-0.05, 0) is 17.7 Å². The number of nitrogen functional groups attached to an aromatic ring is 1. The lowest BCUT2D eigenvalue weighted by Crippen LogP contribution is -2.50. The summed E-state index contributed by atoms with van der Waals surface area (Å²) >= 11 is 0. The van der Waals surface area contributed by atoms with E-state index in [9.17, 15) is 9.59 Å². The maximum atomic E-state index is 11.9. The zero-order valence-electron chi connectivity index (χ0n) is 12.3. The largest absolute Gasteiger partial charge is 0.399 e. The molecule has 21 heavy (non-hydrogen) atoms. The zero-order valence-corrected chi connectivity index (χ0v) is 12.3. The van der Waals surface area contributed by atoms with Gasteiger partial charge in [0.25, 0.3) is 0 Å². The van der Waals surface area contributed by atoms with Gasteiger partial charge in [-0.1, -0.05) is 12.1 Å². The van der Waals surface area contributed by atoms with Crippen LogP contribution in [0.3, 0.4) is 0 Å². The first-order chi connectivity index (χ1) is 10.0. The van der Waals surface area contributed by atoms with Crippen molar-refractivity contribution in [1.29, 1.82) is 0 Å². The zero-order chi connectivity index (χ0) is 15.2. The average Bonchev–Trinajstić information content (AvgIpc) is 2.48. The van der Waals surface area contributed by atoms with E-state index in [1.807, 2.05) is 24.3 Å². The van der Waals surface area contributed by atoms with Crippen molar-refractivity contribution >= 4 is 17.5 Å². The molecule has 1 fully saturated rings. The van der Waals surface area contributed by atoms with Crippen molar-refractivity contribution in [2.45, 2.75) is 13.5 Å². The molecular formula is C15H22N4O2. The topological polar surface area (TPSA) is 78.7 Å². The Balaban J connectivity index is 1.76. The number of carbonyl (C=O) groups excluding carboxylic acids is 2. The van der Waals surface area contributed by atoms with Gasteiger partial charge in [0.15, 0.2) is 0 Å². The summed E-state index contributed by atoms with van der Waals surface area (Å²) in [6.45, 7) is 5.46. The van der Waals surface area contributed by atoms with Gasteiger partial charge in [-0.15, -0.1) is 0 Å². The molecule has 0 aromatic heterocycles. The van der Waals surface area contributed by atoms with E-state index in [1.165, 1.54) is 12.5 Å². The molecule has 1 heterocycles. The molecule has 1 aliphatic rings. The number of carbonyl (C=O) groups is 2. The fraction of sp³-hybridized carbons (Fsp3) is 0.467. The maximum absolute atomic E-state index is 11.9. The highest BCUT2D eigenvalue weighted by atomic mass is 16.2. The normalized spacial score (nSPS) is 15.8. The van der Waals surface area contributed by atoms with Crippen LogP contribution in [0.25, 0.3) is 0 Å². The van der Waals surface area contributed by atoms with Crippen LogP contribution in [0.1, 0.15) is 12.5 Å². The van der Waals surface area contributed by atoms with Crippen LogP contribution < -0.4 is 11.1 Å². The van der Waals surface area contributed by atoms with Gasteiger partial charge in [-0.25, -0.2) is 0 Å². The minimum atomic E-state index is -0.176. The Bertz CT molecular complexity index is 493. The predicted molar refractivity (Wildman–Crippen MR) is 81.4 cm³/mol. The first-order valence-corrected chi connectivity index (χ1v) is 7.13. The van der Waals surface area contributed by atoms with Crippen LogP contribution in [0, 0.1) is 0 Å². The second kappa shape index (κ2) is 7.08. The number of nitrogens with two attached hydrogens (primary N) is 1. The van der Waals surface area contributed by atoms with E-state index in [-0.39, 0.29) is 18.4 Å². The SMILES string of the molecule is CC(=O)NCC(=O)N1CCN(Cc2ccc(N)cc2)CC1. The number of nitrogens with zero attached hydrogens (tertiary/aromatic N) is 2. The molecule has 1 aromatic rings. The molecule has 0 bridgehead atoms. The number of hydrogen-bond donors (Lipinski definition) is 2. The summed E-state index contributed by atoms with van der Waals surface area (Å²) in [7, 11) is 0. The van der Waals surface area contributed by atoms with Crippen LogP contribution in [0.2, 0.25) is 0 Å². The molecule has 0 atom stereocenters. The molecule has 1 aromatic carbocycles. The summed E-state index contributed by atoms with van der Waals surface area (Å²) in [6.07, 6.45) is 0. The van der Waals surface area contributed by atoms with Crippen molar-refractivity contribution in [2.75, 3.05) is 38.5 Å². The van der Waals surface area contributed by atoms with E-state index in [2.05, 4.69) is 10.2 Å². The summed E-state index contributed by atoms with van der Waals surface area (Å²) in [4.78, 5) is 26.8. The second-order valence-corrected chi connectivity index (χ2v) is 5.31. The van der Waals surface area contributed by atoms with Crippen molar-refractivity contribution < 1.29 is 9.59 Å². The molecular weight excluding hydrogens is 268 g/mol. The molecule has 0 spiro atoms. The third kappa shape index (κ3) is 4.75. The Morgan fingerprint density at radius 1 is 1.14 bits per heavy atom. The van der Waals surface area contributed by atoms with Crippen molar-refractivity contribution in [3.8, 4) is 0 Å². The van der Waals surface area contributed by atoms with E-state index in [0.29, 0.717) is 13.1 Å². The van der Waals surface area contributed by atoms with Crippen molar-refractivity contribution in [3.05, 3.63) is 29.8 Å². The lowest BCUT2D eigenvalue weighted by Gasteiger charge is -2.34. The van der Waals surface area contributed by atoms with Crippen molar-refractivity contribution in [2.24, 2.45) is 0 Å². The molecule has 1 saturated heterocycles. The number of hydrogen-bond acceptors (Lipinski definition) is 4. The Hall–Kier alpha value is -2.08. The molecule has 0 aliphatic carbocycles. The number of anilines is 1. The van der Waals surface area contributed by atoms with Crippen LogP contribution in [-0.2, 0) is 16.1 Å². The van der Waals surface area contributed by atoms with Gasteiger partial charge < -0.3 is 16.0 Å². The van der Waals surface area contributed by atoms with Gasteiger partial charge in [0.1, 0.15) is 0 Å².